The van der Waals surface area contributed by atoms with E-state index >= 15 is 0 Å². The Morgan fingerprint density at radius 2 is 1.69 bits per heavy atom. The molecule has 1 atom stereocenters. The van der Waals surface area contributed by atoms with Gasteiger partial charge in [0.05, 0.1) is 6.04 Å². The highest BCUT2D eigenvalue weighted by molar-refractivity contribution is 5.97. The van der Waals surface area contributed by atoms with Crippen molar-refractivity contribution >= 4 is 22.4 Å². The average Bonchev–Trinajstić information content (AvgIpc) is 2.69. The molecule has 0 spiro atoms. The van der Waals surface area contributed by atoms with Crippen LogP contribution in [0.5, 0.6) is 0 Å². The molecule has 3 rings (SSSR count). The van der Waals surface area contributed by atoms with Crippen molar-refractivity contribution in [1.29, 1.82) is 5.26 Å². The molecule has 0 bridgehead atoms. The molecule has 0 aliphatic heterocycles. The summed E-state index contributed by atoms with van der Waals surface area (Å²) in [5, 5.41) is 17.4. The van der Waals surface area contributed by atoms with Crippen molar-refractivity contribution < 1.29 is 4.79 Å². The Balaban J connectivity index is 1.70. The topological polar surface area (TPSA) is 64.9 Å². The minimum absolute atomic E-state index is 0.0286. The van der Waals surface area contributed by atoms with Crippen LogP contribution in [0.3, 0.4) is 0 Å². The van der Waals surface area contributed by atoms with E-state index in [1.165, 1.54) is 6.20 Å². The molecule has 1 amide bonds. The molecule has 4 heteroatoms. The second-order valence-electron chi connectivity index (χ2n) is 5.98. The SMILES string of the molecule is CC(NC(=O)/C(C#N)=C\Nc1ccc2ccccc2c1)c1ccccc1. The first kappa shape index (κ1) is 17.2. The van der Waals surface area contributed by atoms with E-state index in [-0.39, 0.29) is 11.6 Å². The number of hydrogen-bond acceptors (Lipinski definition) is 3. The number of rotatable bonds is 5. The van der Waals surface area contributed by atoms with Crippen molar-refractivity contribution in [2.75, 3.05) is 5.32 Å². The number of nitrogens with zero attached hydrogens (tertiary/aromatic N) is 1. The molecule has 2 N–H and O–H groups in total. The number of carbonyl (C=O) groups excluding carboxylic acids is 1. The lowest BCUT2D eigenvalue weighted by atomic mass is 10.1. The van der Waals surface area contributed by atoms with E-state index < -0.39 is 5.91 Å². The molecule has 0 aromatic heterocycles. The molecule has 0 fully saturated rings. The van der Waals surface area contributed by atoms with Crippen LogP contribution >= 0.6 is 0 Å². The summed E-state index contributed by atoms with van der Waals surface area (Å²) < 4.78 is 0. The lowest BCUT2D eigenvalue weighted by molar-refractivity contribution is -0.117. The molecule has 1 unspecified atom stereocenters. The van der Waals surface area contributed by atoms with Crippen molar-refractivity contribution in [1.82, 2.24) is 5.32 Å². The fraction of sp³-hybridized carbons (Fsp3) is 0.0909. The van der Waals surface area contributed by atoms with E-state index in [9.17, 15) is 10.1 Å². The molecule has 3 aromatic carbocycles. The van der Waals surface area contributed by atoms with E-state index in [1.807, 2.05) is 85.8 Å². The van der Waals surface area contributed by atoms with Gasteiger partial charge in [0, 0.05) is 11.9 Å². The summed E-state index contributed by atoms with van der Waals surface area (Å²) in [4.78, 5) is 12.3. The van der Waals surface area contributed by atoms with Gasteiger partial charge in [-0.05, 0) is 35.4 Å². The van der Waals surface area contributed by atoms with Crippen LogP contribution in [-0.4, -0.2) is 5.91 Å². The number of nitrogens with one attached hydrogen (secondary N) is 2. The van der Waals surface area contributed by atoms with Gasteiger partial charge in [-0.15, -0.1) is 0 Å². The standard InChI is InChI=1S/C22H19N3O/c1-16(17-7-3-2-4-8-17)25-22(26)20(14-23)15-24-21-12-11-18-9-5-6-10-19(18)13-21/h2-13,15-16,24H,1H3,(H,25,26)/b20-15-. The number of fused-ring (bicyclic) bond motifs is 1. The van der Waals surface area contributed by atoms with Gasteiger partial charge in [0.15, 0.2) is 0 Å². The third-order valence-electron chi connectivity index (χ3n) is 4.14. The molecule has 26 heavy (non-hydrogen) atoms. The summed E-state index contributed by atoms with van der Waals surface area (Å²) >= 11 is 0. The van der Waals surface area contributed by atoms with Crippen molar-refractivity contribution in [2.45, 2.75) is 13.0 Å². The molecular formula is C22H19N3O. The first-order chi connectivity index (χ1) is 12.7. The van der Waals surface area contributed by atoms with E-state index in [0.717, 1.165) is 22.0 Å². The predicted octanol–water partition coefficient (Wildman–Crippen LogP) is 4.54. The molecule has 0 saturated carbocycles. The Hall–Kier alpha value is -3.58. The Morgan fingerprint density at radius 1 is 1.00 bits per heavy atom. The minimum atomic E-state index is -0.405. The fourth-order valence-corrected chi connectivity index (χ4v) is 2.68. The number of anilines is 1. The van der Waals surface area contributed by atoms with Crippen LogP contribution in [0.4, 0.5) is 5.69 Å². The third-order valence-corrected chi connectivity index (χ3v) is 4.14. The van der Waals surface area contributed by atoms with Crippen LogP contribution in [-0.2, 0) is 4.79 Å². The number of benzene rings is 3. The number of amides is 1. The molecule has 0 heterocycles. The van der Waals surface area contributed by atoms with E-state index in [1.54, 1.807) is 0 Å². The van der Waals surface area contributed by atoms with Crippen molar-refractivity contribution in [3.8, 4) is 6.07 Å². The highest BCUT2D eigenvalue weighted by atomic mass is 16.1. The van der Waals surface area contributed by atoms with Crippen LogP contribution < -0.4 is 10.6 Å². The Labute approximate surface area is 152 Å². The monoisotopic (exact) mass is 341 g/mol. The zero-order chi connectivity index (χ0) is 18.4. The maximum atomic E-state index is 12.3. The number of carbonyl (C=O) groups is 1. The quantitative estimate of drug-likeness (QED) is 0.529. The predicted molar refractivity (Wildman–Crippen MR) is 104 cm³/mol. The van der Waals surface area contributed by atoms with E-state index in [0.29, 0.717) is 0 Å². The van der Waals surface area contributed by atoms with Gasteiger partial charge >= 0.3 is 0 Å². The lowest BCUT2D eigenvalue weighted by Crippen LogP contribution is -2.28. The van der Waals surface area contributed by atoms with Gasteiger partial charge in [-0.2, -0.15) is 5.26 Å². The maximum absolute atomic E-state index is 12.3. The zero-order valence-corrected chi connectivity index (χ0v) is 14.4. The second kappa shape index (κ2) is 8.00. The van der Waals surface area contributed by atoms with Crippen LogP contribution in [0.25, 0.3) is 10.8 Å². The molecule has 4 nitrogen and oxygen atoms in total. The first-order valence-electron chi connectivity index (χ1n) is 8.39. The molecule has 128 valence electrons. The Bertz CT molecular complexity index is 987. The molecule has 3 aromatic rings. The summed E-state index contributed by atoms with van der Waals surface area (Å²) in [6, 6.07) is 25.3. The molecule has 0 aliphatic rings. The Kier molecular flexibility index (Phi) is 5.31. The van der Waals surface area contributed by atoms with Gasteiger partial charge in [-0.3, -0.25) is 4.79 Å². The van der Waals surface area contributed by atoms with Crippen LogP contribution in [0, 0.1) is 11.3 Å². The highest BCUT2D eigenvalue weighted by Crippen LogP contribution is 2.19. The summed E-state index contributed by atoms with van der Waals surface area (Å²) in [5.74, 6) is -0.405. The second-order valence-corrected chi connectivity index (χ2v) is 5.98. The van der Waals surface area contributed by atoms with Crippen molar-refractivity contribution in [3.63, 3.8) is 0 Å². The summed E-state index contributed by atoms with van der Waals surface area (Å²) in [7, 11) is 0. The Morgan fingerprint density at radius 3 is 2.42 bits per heavy atom. The molecular weight excluding hydrogens is 322 g/mol. The van der Waals surface area contributed by atoms with Gasteiger partial charge in [-0.25, -0.2) is 0 Å². The van der Waals surface area contributed by atoms with Crippen LogP contribution in [0.1, 0.15) is 18.5 Å². The van der Waals surface area contributed by atoms with Crippen LogP contribution in [0.2, 0.25) is 0 Å². The average molecular weight is 341 g/mol. The van der Waals surface area contributed by atoms with E-state index in [4.69, 9.17) is 0 Å². The highest BCUT2D eigenvalue weighted by Gasteiger charge is 2.13. The molecule has 0 aliphatic carbocycles. The minimum Gasteiger partial charge on any atom is -0.360 e. The zero-order valence-electron chi connectivity index (χ0n) is 14.4. The normalized spacial score (nSPS) is 12.2. The van der Waals surface area contributed by atoms with Gasteiger partial charge in [-0.1, -0.05) is 60.7 Å². The van der Waals surface area contributed by atoms with Crippen LogP contribution in [0.15, 0.2) is 84.6 Å². The smallest absolute Gasteiger partial charge is 0.263 e. The number of nitriles is 1. The molecule has 0 saturated heterocycles. The van der Waals surface area contributed by atoms with Gasteiger partial charge < -0.3 is 10.6 Å². The van der Waals surface area contributed by atoms with Crippen molar-refractivity contribution in [2.24, 2.45) is 0 Å². The fourth-order valence-electron chi connectivity index (χ4n) is 2.68. The maximum Gasteiger partial charge on any atom is 0.263 e. The summed E-state index contributed by atoms with van der Waals surface area (Å²) in [6.45, 7) is 1.89. The van der Waals surface area contributed by atoms with Gasteiger partial charge in [0.2, 0.25) is 0 Å². The summed E-state index contributed by atoms with van der Waals surface area (Å²) in [6.07, 6.45) is 1.44. The molecule has 0 radical (unpaired) electrons. The largest absolute Gasteiger partial charge is 0.360 e. The first-order valence-corrected chi connectivity index (χ1v) is 8.39. The van der Waals surface area contributed by atoms with Crippen molar-refractivity contribution in [3.05, 3.63) is 90.1 Å². The van der Waals surface area contributed by atoms with Gasteiger partial charge in [0.1, 0.15) is 11.6 Å². The lowest BCUT2D eigenvalue weighted by Gasteiger charge is -2.13. The summed E-state index contributed by atoms with van der Waals surface area (Å²) in [5.41, 5.74) is 1.84. The van der Waals surface area contributed by atoms with E-state index in [2.05, 4.69) is 10.6 Å². The number of hydrogen-bond donors (Lipinski definition) is 2. The van der Waals surface area contributed by atoms with Gasteiger partial charge in [0.25, 0.3) is 5.91 Å². The third kappa shape index (κ3) is 4.08.